The van der Waals surface area contributed by atoms with Gasteiger partial charge in [-0.2, -0.15) is 4.98 Å². The Kier molecular flexibility index (Phi) is 5.69. The smallest absolute Gasteiger partial charge is 0.225 e. The van der Waals surface area contributed by atoms with Gasteiger partial charge in [-0.25, -0.2) is 4.98 Å². The second-order valence-electron chi connectivity index (χ2n) is 6.05. The van der Waals surface area contributed by atoms with E-state index in [0.717, 1.165) is 22.9 Å². The summed E-state index contributed by atoms with van der Waals surface area (Å²) in [6.07, 6.45) is 0. The van der Waals surface area contributed by atoms with E-state index >= 15 is 0 Å². The van der Waals surface area contributed by atoms with E-state index in [2.05, 4.69) is 39.7 Å². The molecule has 3 aromatic rings. The standard InChI is InChI=1S/C21H24N4O/c1-4-26-19-13-9-8-12-18(19)24-20-14-15(2)22-21(25-20)23-16(3)17-10-6-5-7-11-17/h5-14,16H,4H2,1-3H3,(H2,22,23,24,25). The third kappa shape index (κ3) is 4.51. The molecule has 0 aliphatic carbocycles. The molecule has 1 atom stereocenters. The zero-order chi connectivity index (χ0) is 18.4. The molecule has 134 valence electrons. The number of rotatable bonds is 7. The van der Waals surface area contributed by atoms with Crippen molar-refractivity contribution in [2.75, 3.05) is 17.2 Å². The first-order chi connectivity index (χ1) is 12.7. The van der Waals surface area contributed by atoms with Crippen LogP contribution in [0.2, 0.25) is 0 Å². The summed E-state index contributed by atoms with van der Waals surface area (Å²) in [5, 5.41) is 6.71. The molecule has 1 aromatic heterocycles. The minimum Gasteiger partial charge on any atom is -0.492 e. The number of aromatic nitrogens is 2. The third-order valence-electron chi connectivity index (χ3n) is 3.95. The van der Waals surface area contributed by atoms with Crippen LogP contribution in [0.15, 0.2) is 60.7 Å². The van der Waals surface area contributed by atoms with Crippen molar-refractivity contribution in [2.24, 2.45) is 0 Å². The number of ether oxygens (including phenoxy) is 1. The molecular weight excluding hydrogens is 324 g/mol. The molecule has 0 spiro atoms. The zero-order valence-corrected chi connectivity index (χ0v) is 15.4. The molecule has 0 bridgehead atoms. The molecule has 0 aliphatic rings. The summed E-state index contributed by atoms with van der Waals surface area (Å²) in [6.45, 7) is 6.64. The summed E-state index contributed by atoms with van der Waals surface area (Å²) in [7, 11) is 0. The van der Waals surface area contributed by atoms with Crippen LogP contribution in [0, 0.1) is 6.92 Å². The highest BCUT2D eigenvalue weighted by atomic mass is 16.5. The minimum absolute atomic E-state index is 0.113. The lowest BCUT2D eigenvalue weighted by Gasteiger charge is -2.16. The molecule has 0 fully saturated rings. The molecular formula is C21H24N4O. The summed E-state index contributed by atoms with van der Waals surface area (Å²) in [4.78, 5) is 9.11. The molecule has 26 heavy (non-hydrogen) atoms. The van der Waals surface area contributed by atoms with E-state index in [0.29, 0.717) is 12.6 Å². The lowest BCUT2D eigenvalue weighted by atomic mass is 10.1. The molecule has 0 aliphatic heterocycles. The Labute approximate surface area is 154 Å². The Morgan fingerprint density at radius 3 is 2.50 bits per heavy atom. The van der Waals surface area contributed by atoms with Crippen LogP contribution in [-0.4, -0.2) is 16.6 Å². The van der Waals surface area contributed by atoms with Gasteiger partial charge in [0.1, 0.15) is 11.6 Å². The number of hydrogen-bond donors (Lipinski definition) is 2. The minimum atomic E-state index is 0.113. The van der Waals surface area contributed by atoms with Crippen LogP contribution < -0.4 is 15.4 Å². The Morgan fingerprint density at radius 1 is 1.00 bits per heavy atom. The number of anilines is 3. The number of benzene rings is 2. The van der Waals surface area contributed by atoms with Crippen molar-refractivity contribution in [3.05, 3.63) is 71.9 Å². The first kappa shape index (κ1) is 17.7. The second-order valence-corrected chi connectivity index (χ2v) is 6.05. The van der Waals surface area contributed by atoms with Gasteiger partial charge < -0.3 is 15.4 Å². The van der Waals surface area contributed by atoms with Gasteiger partial charge in [0.25, 0.3) is 0 Å². The molecule has 5 nitrogen and oxygen atoms in total. The van der Waals surface area contributed by atoms with Crippen molar-refractivity contribution in [3.8, 4) is 5.75 Å². The monoisotopic (exact) mass is 348 g/mol. The van der Waals surface area contributed by atoms with Crippen molar-refractivity contribution < 1.29 is 4.74 Å². The van der Waals surface area contributed by atoms with Gasteiger partial charge in [-0.15, -0.1) is 0 Å². The molecule has 0 saturated heterocycles. The number of aryl methyl sites for hydroxylation is 1. The predicted octanol–water partition coefficient (Wildman–Crippen LogP) is 5.10. The van der Waals surface area contributed by atoms with Gasteiger partial charge >= 0.3 is 0 Å². The molecule has 1 unspecified atom stereocenters. The lowest BCUT2D eigenvalue weighted by Crippen LogP contribution is -2.11. The Bertz CT molecular complexity index is 852. The molecule has 0 radical (unpaired) electrons. The normalized spacial score (nSPS) is 11.7. The third-order valence-corrected chi connectivity index (χ3v) is 3.95. The van der Waals surface area contributed by atoms with Crippen molar-refractivity contribution in [1.82, 2.24) is 9.97 Å². The SMILES string of the molecule is CCOc1ccccc1Nc1cc(C)nc(NC(C)c2ccccc2)n1. The van der Waals surface area contributed by atoms with E-state index in [1.54, 1.807) is 0 Å². The average molecular weight is 348 g/mol. The van der Waals surface area contributed by atoms with Crippen LogP contribution in [0.25, 0.3) is 0 Å². The lowest BCUT2D eigenvalue weighted by molar-refractivity contribution is 0.342. The van der Waals surface area contributed by atoms with Gasteiger partial charge in [-0.05, 0) is 38.5 Å². The van der Waals surface area contributed by atoms with E-state index in [4.69, 9.17) is 4.74 Å². The van der Waals surface area contributed by atoms with Crippen LogP contribution in [0.4, 0.5) is 17.5 Å². The van der Waals surface area contributed by atoms with Gasteiger partial charge in [0.2, 0.25) is 5.95 Å². The number of hydrogen-bond acceptors (Lipinski definition) is 5. The second kappa shape index (κ2) is 8.34. The first-order valence-corrected chi connectivity index (χ1v) is 8.81. The summed E-state index contributed by atoms with van der Waals surface area (Å²) >= 11 is 0. The molecule has 0 amide bonds. The highest BCUT2D eigenvalue weighted by molar-refractivity contribution is 5.64. The molecule has 2 aromatic carbocycles. The van der Waals surface area contributed by atoms with E-state index in [-0.39, 0.29) is 6.04 Å². The average Bonchev–Trinajstić information content (AvgIpc) is 2.64. The fourth-order valence-corrected chi connectivity index (χ4v) is 2.71. The topological polar surface area (TPSA) is 59.1 Å². The Hall–Kier alpha value is -3.08. The van der Waals surface area contributed by atoms with E-state index in [1.807, 2.05) is 62.4 Å². The first-order valence-electron chi connectivity index (χ1n) is 8.81. The summed E-state index contributed by atoms with van der Waals surface area (Å²) < 4.78 is 5.67. The fourth-order valence-electron chi connectivity index (χ4n) is 2.71. The number of nitrogens with zero attached hydrogens (tertiary/aromatic N) is 2. The molecule has 0 saturated carbocycles. The highest BCUT2D eigenvalue weighted by Crippen LogP contribution is 2.27. The molecule has 2 N–H and O–H groups in total. The predicted molar refractivity (Wildman–Crippen MR) is 106 cm³/mol. The van der Waals surface area contributed by atoms with Gasteiger partial charge in [0.15, 0.2) is 0 Å². The zero-order valence-electron chi connectivity index (χ0n) is 15.4. The highest BCUT2D eigenvalue weighted by Gasteiger charge is 2.10. The quantitative estimate of drug-likeness (QED) is 0.622. The van der Waals surface area contributed by atoms with Crippen LogP contribution in [0.3, 0.4) is 0 Å². The Morgan fingerprint density at radius 2 is 1.73 bits per heavy atom. The van der Waals surface area contributed by atoms with Crippen molar-refractivity contribution in [3.63, 3.8) is 0 Å². The summed E-state index contributed by atoms with van der Waals surface area (Å²) in [5.74, 6) is 2.13. The van der Waals surface area contributed by atoms with Crippen LogP contribution in [0.1, 0.15) is 31.1 Å². The van der Waals surface area contributed by atoms with E-state index < -0.39 is 0 Å². The van der Waals surface area contributed by atoms with Crippen LogP contribution in [0.5, 0.6) is 5.75 Å². The maximum Gasteiger partial charge on any atom is 0.225 e. The molecule has 3 rings (SSSR count). The van der Waals surface area contributed by atoms with E-state index in [9.17, 15) is 0 Å². The summed E-state index contributed by atoms with van der Waals surface area (Å²) in [5.41, 5.74) is 2.96. The van der Waals surface area contributed by atoms with Gasteiger partial charge in [-0.3, -0.25) is 0 Å². The number of para-hydroxylation sites is 2. The van der Waals surface area contributed by atoms with Crippen molar-refractivity contribution in [1.29, 1.82) is 0 Å². The van der Waals surface area contributed by atoms with Gasteiger partial charge in [-0.1, -0.05) is 42.5 Å². The molecule has 5 heteroatoms. The van der Waals surface area contributed by atoms with Gasteiger partial charge in [0, 0.05) is 11.8 Å². The van der Waals surface area contributed by atoms with Crippen molar-refractivity contribution >= 4 is 17.5 Å². The van der Waals surface area contributed by atoms with Crippen molar-refractivity contribution in [2.45, 2.75) is 26.8 Å². The Balaban J connectivity index is 1.80. The molecule has 1 heterocycles. The van der Waals surface area contributed by atoms with Crippen LogP contribution in [-0.2, 0) is 0 Å². The summed E-state index contributed by atoms with van der Waals surface area (Å²) in [6, 6.07) is 20.1. The largest absolute Gasteiger partial charge is 0.492 e. The fraction of sp³-hybridized carbons (Fsp3) is 0.238. The maximum atomic E-state index is 5.67. The maximum absolute atomic E-state index is 5.67. The van der Waals surface area contributed by atoms with Crippen LogP contribution >= 0.6 is 0 Å². The number of nitrogens with one attached hydrogen (secondary N) is 2. The van der Waals surface area contributed by atoms with Gasteiger partial charge in [0.05, 0.1) is 18.3 Å². The van der Waals surface area contributed by atoms with E-state index in [1.165, 1.54) is 5.56 Å².